The first-order valence-corrected chi connectivity index (χ1v) is 4.91. The number of ether oxygens (including phenoxy) is 1. The van der Waals surface area contributed by atoms with E-state index in [0.717, 1.165) is 12.8 Å². The fourth-order valence-electron chi connectivity index (χ4n) is 1.34. The van der Waals surface area contributed by atoms with Crippen molar-refractivity contribution >= 4 is 12.1 Å². The van der Waals surface area contributed by atoms with E-state index in [-0.39, 0.29) is 12.8 Å². The van der Waals surface area contributed by atoms with Crippen LogP contribution in [0.25, 0.3) is 0 Å². The number of nitrogens with zero attached hydrogens (tertiary/aromatic N) is 1. The summed E-state index contributed by atoms with van der Waals surface area (Å²) < 4.78 is 4.94. The molecule has 0 bridgehead atoms. The fourth-order valence-corrected chi connectivity index (χ4v) is 1.34. The molecule has 15 heavy (non-hydrogen) atoms. The SMILES string of the molecule is CC1(OC(=O)ON2C(=O)CCC2O)CC1. The Kier molecular flexibility index (Phi) is 2.30. The third-order valence-electron chi connectivity index (χ3n) is 2.59. The van der Waals surface area contributed by atoms with Crippen LogP contribution >= 0.6 is 0 Å². The summed E-state index contributed by atoms with van der Waals surface area (Å²) in [5, 5.41) is 9.97. The molecule has 1 saturated heterocycles. The topological polar surface area (TPSA) is 76.1 Å². The summed E-state index contributed by atoms with van der Waals surface area (Å²) >= 11 is 0. The zero-order valence-electron chi connectivity index (χ0n) is 8.43. The number of hydroxylamine groups is 2. The van der Waals surface area contributed by atoms with Crippen LogP contribution in [0.2, 0.25) is 0 Å². The number of hydrogen-bond donors (Lipinski definition) is 1. The van der Waals surface area contributed by atoms with E-state index >= 15 is 0 Å². The van der Waals surface area contributed by atoms with Crippen molar-refractivity contribution in [3.05, 3.63) is 0 Å². The first-order valence-electron chi connectivity index (χ1n) is 4.91. The minimum Gasteiger partial charge on any atom is -0.426 e. The van der Waals surface area contributed by atoms with Gasteiger partial charge in [0.2, 0.25) is 0 Å². The van der Waals surface area contributed by atoms with Gasteiger partial charge in [-0.15, -0.1) is 5.06 Å². The largest absolute Gasteiger partial charge is 0.534 e. The van der Waals surface area contributed by atoms with Crippen LogP contribution in [0.5, 0.6) is 0 Å². The summed E-state index contributed by atoms with van der Waals surface area (Å²) in [4.78, 5) is 27.0. The van der Waals surface area contributed by atoms with Gasteiger partial charge in [0.15, 0.2) is 6.23 Å². The first kappa shape index (κ1) is 10.2. The van der Waals surface area contributed by atoms with Crippen molar-refractivity contribution in [3.8, 4) is 0 Å². The van der Waals surface area contributed by atoms with Crippen LogP contribution in [0.3, 0.4) is 0 Å². The molecule has 0 radical (unpaired) electrons. The van der Waals surface area contributed by atoms with Crippen molar-refractivity contribution in [2.45, 2.75) is 44.4 Å². The Labute approximate surface area is 86.7 Å². The molecule has 1 aliphatic heterocycles. The second-order valence-electron chi connectivity index (χ2n) is 4.13. The molecule has 0 aromatic carbocycles. The minimum atomic E-state index is -1.04. The smallest absolute Gasteiger partial charge is 0.426 e. The number of rotatable bonds is 2. The number of carbonyl (C=O) groups excluding carboxylic acids is 2. The lowest BCUT2D eigenvalue weighted by Crippen LogP contribution is -2.36. The quantitative estimate of drug-likeness (QED) is 0.680. The van der Waals surface area contributed by atoms with Crippen LogP contribution in [0.15, 0.2) is 0 Å². The molecule has 2 fully saturated rings. The Bertz CT molecular complexity index is 299. The molecule has 0 spiro atoms. The molecule has 2 aliphatic rings. The molecule has 6 heteroatoms. The molecule has 1 saturated carbocycles. The molecular weight excluding hydrogens is 202 g/mol. The average molecular weight is 215 g/mol. The van der Waals surface area contributed by atoms with Crippen molar-refractivity contribution in [1.29, 1.82) is 0 Å². The highest BCUT2D eigenvalue weighted by atomic mass is 16.8. The molecule has 1 aliphatic carbocycles. The molecule has 1 unspecified atom stereocenters. The maximum Gasteiger partial charge on any atom is 0.534 e. The summed E-state index contributed by atoms with van der Waals surface area (Å²) in [6, 6.07) is 0. The van der Waals surface area contributed by atoms with Gasteiger partial charge < -0.3 is 14.7 Å². The Morgan fingerprint density at radius 2 is 2.27 bits per heavy atom. The second-order valence-corrected chi connectivity index (χ2v) is 4.13. The van der Waals surface area contributed by atoms with Crippen LogP contribution in [0.4, 0.5) is 4.79 Å². The zero-order valence-corrected chi connectivity index (χ0v) is 8.43. The van der Waals surface area contributed by atoms with Gasteiger partial charge in [0.25, 0.3) is 5.91 Å². The maximum atomic E-state index is 11.2. The Balaban J connectivity index is 1.85. The normalized spacial score (nSPS) is 27.7. The van der Waals surface area contributed by atoms with E-state index in [1.54, 1.807) is 6.92 Å². The molecule has 1 amide bonds. The van der Waals surface area contributed by atoms with E-state index in [2.05, 4.69) is 4.84 Å². The van der Waals surface area contributed by atoms with Gasteiger partial charge in [-0.25, -0.2) is 4.79 Å². The summed E-state index contributed by atoms with van der Waals surface area (Å²) in [5.41, 5.74) is -0.440. The highest BCUT2D eigenvalue weighted by Gasteiger charge is 2.43. The van der Waals surface area contributed by atoms with Crippen molar-refractivity contribution in [1.82, 2.24) is 5.06 Å². The van der Waals surface area contributed by atoms with Crippen molar-refractivity contribution in [2.24, 2.45) is 0 Å². The minimum absolute atomic E-state index is 0.186. The summed E-state index contributed by atoms with van der Waals surface area (Å²) in [5.74, 6) is -0.402. The second kappa shape index (κ2) is 3.37. The maximum absolute atomic E-state index is 11.2. The lowest BCUT2D eigenvalue weighted by molar-refractivity contribution is -0.202. The molecule has 0 aromatic heterocycles. The monoisotopic (exact) mass is 215 g/mol. The predicted octanol–water partition coefficient (Wildman–Crippen LogP) is 0.548. The first-order chi connectivity index (χ1) is 7.00. The van der Waals surface area contributed by atoms with E-state index in [0.29, 0.717) is 5.06 Å². The molecule has 84 valence electrons. The molecule has 1 heterocycles. The van der Waals surface area contributed by atoms with E-state index in [1.807, 2.05) is 0 Å². The van der Waals surface area contributed by atoms with Gasteiger partial charge in [-0.2, -0.15) is 0 Å². The summed E-state index contributed by atoms with van der Waals surface area (Å²) in [6.45, 7) is 1.79. The van der Waals surface area contributed by atoms with Crippen LogP contribution in [0.1, 0.15) is 32.6 Å². The van der Waals surface area contributed by atoms with Gasteiger partial charge in [0, 0.05) is 12.8 Å². The number of hydrogen-bond acceptors (Lipinski definition) is 5. The van der Waals surface area contributed by atoms with Crippen LogP contribution in [0, 0.1) is 0 Å². The lowest BCUT2D eigenvalue weighted by atomic mass is 10.4. The van der Waals surface area contributed by atoms with Gasteiger partial charge in [0.1, 0.15) is 5.60 Å². The predicted molar refractivity (Wildman–Crippen MR) is 47.3 cm³/mol. The van der Waals surface area contributed by atoms with E-state index < -0.39 is 23.9 Å². The summed E-state index contributed by atoms with van der Waals surface area (Å²) in [7, 11) is 0. The van der Waals surface area contributed by atoms with Crippen molar-refractivity contribution < 1.29 is 24.3 Å². The third kappa shape index (κ3) is 2.20. The molecule has 2 rings (SSSR count). The number of amides is 1. The van der Waals surface area contributed by atoms with Gasteiger partial charge >= 0.3 is 6.16 Å². The van der Waals surface area contributed by atoms with E-state index in [4.69, 9.17) is 4.74 Å². The van der Waals surface area contributed by atoms with Crippen molar-refractivity contribution in [3.63, 3.8) is 0 Å². The number of aliphatic hydroxyl groups is 1. The van der Waals surface area contributed by atoms with E-state index in [1.165, 1.54) is 0 Å². The van der Waals surface area contributed by atoms with E-state index in [9.17, 15) is 14.7 Å². The molecule has 1 N–H and O–H groups in total. The molecular formula is C9H13NO5. The Hall–Kier alpha value is -1.30. The van der Waals surface area contributed by atoms with Gasteiger partial charge in [0.05, 0.1) is 0 Å². The summed E-state index contributed by atoms with van der Waals surface area (Å²) in [6.07, 6.45) is 0.105. The fraction of sp³-hybridized carbons (Fsp3) is 0.778. The number of aliphatic hydroxyl groups excluding tert-OH is 1. The zero-order chi connectivity index (χ0) is 11.1. The molecule has 0 aromatic rings. The van der Waals surface area contributed by atoms with Crippen LogP contribution in [-0.4, -0.2) is 34.1 Å². The van der Waals surface area contributed by atoms with Gasteiger partial charge in [-0.1, -0.05) is 0 Å². The Morgan fingerprint density at radius 3 is 2.73 bits per heavy atom. The molecule has 1 atom stereocenters. The van der Waals surface area contributed by atoms with Gasteiger partial charge in [-0.05, 0) is 19.8 Å². The van der Waals surface area contributed by atoms with Crippen LogP contribution < -0.4 is 0 Å². The standard InChI is InChI=1S/C9H13NO5/c1-9(4-5-9)14-8(13)15-10-6(11)2-3-7(10)12/h6,11H,2-5H2,1H3. The van der Waals surface area contributed by atoms with Crippen LogP contribution in [-0.2, 0) is 14.4 Å². The van der Waals surface area contributed by atoms with Gasteiger partial charge in [-0.3, -0.25) is 4.79 Å². The molecule has 6 nitrogen and oxygen atoms in total. The number of carbonyl (C=O) groups is 2. The lowest BCUT2D eigenvalue weighted by Gasteiger charge is -2.19. The highest BCUT2D eigenvalue weighted by molar-refractivity contribution is 5.78. The van der Waals surface area contributed by atoms with Crippen molar-refractivity contribution in [2.75, 3.05) is 0 Å². The average Bonchev–Trinajstić information content (AvgIpc) is 2.80. The highest BCUT2D eigenvalue weighted by Crippen LogP contribution is 2.39. The Morgan fingerprint density at radius 1 is 1.60 bits per heavy atom. The third-order valence-corrected chi connectivity index (χ3v) is 2.59.